The van der Waals surface area contributed by atoms with Crippen molar-refractivity contribution in [1.82, 2.24) is 9.88 Å². The maximum atomic E-state index is 12.6. The number of benzene rings is 2. The van der Waals surface area contributed by atoms with Crippen molar-refractivity contribution < 1.29 is 27.3 Å². The van der Waals surface area contributed by atoms with Crippen LogP contribution in [0.1, 0.15) is 36.0 Å². The summed E-state index contributed by atoms with van der Waals surface area (Å²) < 4.78 is 35.1. The second kappa shape index (κ2) is 8.98. The van der Waals surface area contributed by atoms with Crippen molar-refractivity contribution in [1.29, 1.82) is 0 Å². The predicted molar refractivity (Wildman–Crippen MR) is 125 cm³/mol. The maximum Gasteiger partial charge on any atom is 0.340 e. The number of ketones is 1. The largest absolute Gasteiger partial charge is 0.459 e. The number of piperidine rings is 4. The van der Waals surface area contributed by atoms with E-state index in [1.165, 1.54) is 12.1 Å². The third kappa shape index (κ3) is 4.51. The SMILES string of the molecule is O=C(OC1C[C@@H]2CC3C[C@@H](C1)N2CC3=O)c1c[nH]c2ccccc12.O=S(=O)(O)c1ccccc1. The highest BCUT2D eigenvalue weighted by Crippen LogP contribution is 2.42. The summed E-state index contributed by atoms with van der Waals surface area (Å²) in [6.45, 7) is 0.600. The van der Waals surface area contributed by atoms with Crippen LogP contribution >= 0.6 is 0 Å². The number of carbonyl (C=O) groups excluding carboxylic acids is 2. The summed E-state index contributed by atoms with van der Waals surface area (Å²) in [6.07, 6.45) is 5.29. The second-order valence-electron chi connectivity index (χ2n) is 9.15. The molecule has 178 valence electrons. The number of hydrogen-bond acceptors (Lipinski definition) is 6. The van der Waals surface area contributed by atoms with Crippen LogP contribution in [0.4, 0.5) is 0 Å². The van der Waals surface area contributed by atoms with E-state index in [9.17, 15) is 18.0 Å². The number of Topliss-reactive ketones (excluding diaryl/α,β-unsaturated/α-hetero) is 1. The van der Waals surface area contributed by atoms with E-state index in [-0.39, 0.29) is 22.9 Å². The molecule has 3 aromatic rings. The van der Waals surface area contributed by atoms with Crippen LogP contribution < -0.4 is 0 Å². The molecule has 0 aliphatic carbocycles. The molecule has 4 fully saturated rings. The van der Waals surface area contributed by atoms with E-state index in [0.717, 1.165) is 36.6 Å². The summed E-state index contributed by atoms with van der Waals surface area (Å²) >= 11 is 0. The fourth-order valence-corrected chi connectivity index (χ4v) is 5.96. The van der Waals surface area contributed by atoms with Crippen molar-refractivity contribution in [2.45, 2.75) is 48.8 Å². The molecule has 9 heteroatoms. The van der Waals surface area contributed by atoms with E-state index in [1.54, 1.807) is 24.4 Å². The van der Waals surface area contributed by atoms with E-state index in [1.807, 2.05) is 24.3 Å². The highest BCUT2D eigenvalue weighted by atomic mass is 32.2. The minimum Gasteiger partial charge on any atom is -0.459 e. The second-order valence-corrected chi connectivity index (χ2v) is 10.6. The number of para-hydroxylation sites is 1. The Hall–Kier alpha value is -3.01. The highest BCUT2D eigenvalue weighted by molar-refractivity contribution is 7.85. The molecule has 4 aliphatic heterocycles. The Bertz CT molecular complexity index is 1300. The van der Waals surface area contributed by atoms with Crippen LogP contribution in [-0.4, -0.2) is 59.3 Å². The normalized spacial score (nSPS) is 27.7. The van der Waals surface area contributed by atoms with Crippen LogP contribution in [0.15, 0.2) is 65.7 Å². The van der Waals surface area contributed by atoms with Gasteiger partial charge in [-0.15, -0.1) is 0 Å². The van der Waals surface area contributed by atoms with E-state index >= 15 is 0 Å². The highest BCUT2D eigenvalue weighted by Gasteiger charge is 2.49. The van der Waals surface area contributed by atoms with Crippen molar-refractivity contribution in [2.24, 2.45) is 5.92 Å². The van der Waals surface area contributed by atoms with Crippen LogP contribution in [0, 0.1) is 5.92 Å². The van der Waals surface area contributed by atoms with Crippen LogP contribution in [0.25, 0.3) is 10.9 Å². The fourth-order valence-electron chi connectivity index (χ4n) is 5.46. The lowest BCUT2D eigenvalue weighted by molar-refractivity contribution is -0.145. The molecule has 2 N–H and O–H groups in total. The summed E-state index contributed by atoms with van der Waals surface area (Å²) in [6, 6.07) is 16.0. The standard InChI is InChI=1S/C19H20N2O3.C6H6O3S/c22-18-10-21-12-5-11(18)6-13(21)8-14(7-12)24-19(23)16-9-20-17-4-2-1-3-15(16)17;7-10(8,9)6-4-2-1-3-5-6/h1-4,9,11-14,20H,5-8,10H2;1-5H,(H,7,8,9)/t11?,12-,13-,14?;/m0./s1. The van der Waals surface area contributed by atoms with E-state index in [4.69, 9.17) is 9.29 Å². The number of aromatic amines is 1. The smallest absolute Gasteiger partial charge is 0.340 e. The molecule has 0 radical (unpaired) electrons. The first-order valence-corrected chi connectivity index (χ1v) is 12.8. The van der Waals surface area contributed by atoms with Gasteiger partial charge in [0.05, 0.1) is 17.0 Å². The van der Waals surface area contributed by atoms with Crippen LogP contribution in [0.5, 0.6) is 0 Å². The first-order chi connectivity index (χ1) is 16.3. The molecule has 0 amide bonds. The third-order valence-electron chi connectivity index (χ3n) is 7.04. The van der Waals surface area contributed by atoms with Gasteiger partial charge in [-0.2, -0.15) is 8.42 Å². The van der Waals surface area contributed by atoms with Gasteiger partial charge >= 0.3 is 5.97 Å². The lowest BCUT2D eigenvalue weighted by Crippen LogP contribution is -2.63. The third-order valence-corrected chi connectivity index (χ3v) is 7.91. The molecule has 0 unspecified atom stereocenters. The number of nitrogens with one attached hydrogen (secondary N) is 1. The molecule has 1 aromatic heterocycles. The predicted octanol–water partition coefficient (Wildman–Crippen LogP) is 3.45. The Morgan fingerprint density at radius 1 is 0.971 bits per heavy atom. The molecular weight excluding hydrogens is 456 g/mol. The number of carbonyl (C=O) groups is 2. The summed E-state index contributed by atoms with van der Waals surface area (Å²) in [5.41, 5.74) is 1.56. The molecule has 8 nitrogen and oxygen atoms in total. The van der Waals surface area contributed by atoms with Gasteiger partial charge in [0.2, 0.25) is 0 Å². The van der Waals surface area contributed by atoms with Gasteiger partial charge in [0, 0.05) is 47.9 Å². The average Bonchev–Trinajstić information content (AvgIpc) is 3.24. The number of ether oxygens (including phenoxy) is 1. The molecule has 34 heavy (non-hydrogen) atoms. The Morgan fingerprint density at radius 2 is 1.62 bits per heavy atom. The fraction of sp³-hybridized carbons (Fsp3) is 0.360. The van der Waals surface area contributed by atoms with Gasteiger partial charge < -0.3 is 9.72 Å². The summed E-state index contributed by atoms with van der Waals surface area (Å²) in [4.78, 5) is 29.9. The van der Waals surface area contributed by atoms with Gasteiger partial charge in [0.1, 0.15) is 11.9 Å². The van der Waals surface area contributed by atoms with Gasteiger partial charge in [-0.1, -0.05) is 36.4 Å². The lowest BCUT2D eigenvalue weighted by Gasteiger charge is -2.54. The number of aromatic nitrogens is 1. The first kappa shape index (κ1) is 22.8. The first-order valence-electron chi connectivity index (χ1n) is 11.4. The minimum atomic E-state index is -4.00. The molecule has 0 spiro atoms. The van der Waals surface area contributed by atoms with Gasteiger partial charge in [0.15, 0.2) is 0 Å². The van der Waals surface area contributed by atoms with Gasteiger partial charge in [-0.25, -0.2) is 4.79 Å². The molecule has 2 atom stereocenters. The Balaban J connectivity index is 0.000000204. The van der Waals surface area contributed by atoms with Crippen molar-refractivity contribution in [3.8, 4) is 0 Å². The van der Waals surface area contributed by atoms with Gasteiger partial charge in [-0.3, -0.25) is 14.2 Å². The summed E-state index contributed by atoms with van der Waals surface area (Å²) in [7, 11) is -4.00. The van der Waals surface area contributed by atoms with Crippen molar-refractivity contribution >= 4 is 32.8 Å². The summed E-state index contributed by atoms with van der Waals surface area (Å²) in [5, 5.41) is 0.909. The molecule has 4 aliphatic rings. The van der Waals surface area contributed by atoms with E-state index in [2.05, 4.69) is 9.88 Å². The quantitative estimate of drug-likeness (QED) is 0.434. The zero-order valence-corrected chi connectivity index (χ0v) is 19.3. The summed E-state index contributed by atoms with van der Waals surface area (Å²) in [5.74, 6) is 0.403. The van der Waals surface area contributed by atoms with Crippen LogP contribution in [0.3, 0.4) is 0 Å². The lowest BCUT2D eigenvalue weighted by atomic mass is 9.72. The van der Waals surface area contributed by atoms with Gasteiger partial charge in [0.25, 0.3) is 10.1 Å². The number of esters is 1. The average molecular weight is 483 g/mol. The molecule has 5 heterocycles. The number of fused-ring (bicyclic) bond motifs is 2. The molecule has 0 saturated carbocycles. The molecule has 7 rings (SSSR count). The minimum absolute atomic E-state index is 0.0356. The van der Waals surface area contributed by atoms with Crippen molar-refractivity contribution in [3.05, 3.63) is 66.4 Å². The Morgan fingerprint density at radius 3 is 2.24 bits per heavy atom. The molecule has 4 saturated heterocycles. The topological polar surface area (TPSA) is 117 Å². The zero-order valence-electron chi connectivity index (χ0n) is 18.5. The van der Waals surface area contributed by atoms with E-state index < -0.39 is 10.1 Å². The molecular formula is C25H26N2O6S. The van der Waals surface area contributed by atoms with Crippen molar-refractivity contribution in [3.63, 3.8) is 0 Å². The molecule has 2 aromatic carbocycles. The van der Waals surface area contributed by atoms with Crippen LogP contribution in [-0.2, 0) is 19.6 Å². The number of rotatable bonds is 3. The maximum absolute atomic E-state index is 12.6. The van der Waals surface area contributed by atoms with E-state index in [0.29, 0.717) is 30.0 Å². The Labute approximate surface area is 197 Å². The molecule has 4 bridgehead atoms. The Kier molecular flexibility index (Phi) is 6.01. The zero-order chi connectivity index (χ0) is 23.9. The number of hydrogen-bond donors (Lipinski definition) is 2. The van der Waals surface area contributed by atoms with Gasteiger partial charge in [-0.05, 0) is 31.0 Å². The van der Waals surface area contributed by atoms with Crippen molar-refractivity contribution in [2.75, 3.05) is 6.54 Å². The monoisotopic (exact) mass is 482 g/mol. The number of H-pyrrole nitrogens is 1. The number of nitrogens with zero attached hydrogens (tertiary/aromatic N) is 1. The van der Waals surface area contributed by atoms with Crippen LogP contribution in [0.2, 0.25) is 0 Å².